The van der Waals surface area contributed by atoms with Gasteiger partial charge >= 0.3 is 0 Å². The molecular weight excluding hydrogens is 771 g/mol. The van der Waals surface area contributed by atoms with Crippen LogP contribution in [0.2, 0.25) is 0 Å². The van der Waals surface area contributed by atoms with Crippen LogP contribution in [-0.2, 0) is 0 Å². The molecular formula is C57H35N5O. The first-order valence-electron chi connectivity index (χ1n) is 21.2. The molecule has 0 saturated heterocycles. The molecule has 13 rings (SSSR count). The van der Waals surface area contributed by atoms with E-state index in [1.165, 1.54) is 21.5 Å². The van der Waals surface area contributed by atoms with Gasteiger partial charge in [0.1, 0.15) is 5.58 Å². The van der Waals surface area contributed by atoms with E-state index in [0.717, 1.165) is 83.2 Å². The van der Waals surface area contributed by atoms with Crippen molar-refractivity contribution in [3.05, 3.63) is 212 Å². The standard InChI is InChI=1S/C57H35N5O/c1-4-16-36(17-5-1)37-28-30-39(31-29-37)56-58-55(38-18-6-2-7-19-38)59-57(60-56)45-33-35-49(54-51(45)44-24-12-15-27-50(44)63-54)62-46-25-13-10-22-41(46)42-32-34-48-52(53(42)62)43-23-11-14-26-47(43)61(48)40-20-8-3-9-21-40/h1-35H. The van der Waals surface area contributed by atoms with Crippen LogP contribution in [0.3, 0.4) is 0 Å². The molecule has 0 aliphatic carbocycles. The fourth-order valence-corrected chi connectivity index (χ4v) is 9.58. The topological polar surface area (TPSA) is 61.7 Å². The van der Waals surface area contributed by atoms with Crippen LogP contribution in [0.4, 0.5) is 0 Å². The second-order valence-corrected chi connectivity index (χ2v) is 15.9. The van der Waals surface area contributed by atoms with E-state index in [1.54, 1.807) is 0 Å². The molecule has 0 aliphatic heterocycles. The molecule has 0 fully saturated rings. The SMILES string of the molecule is c1ccc(-c2ccc(-c3nc(-c4ccccc4)nc(-c4ccc(-n5c6ccccc6c6ccc7c(c8ccccc8n7-c7ccccc7)c65)c5oc6ccccc6c45)n3)cc2)cc1. The predicted octanol–water partition coefficient (Wildman–Crippen LogP) is 14.6. The van der Waals surface area contributed by atoms with E-state index in [4.69, 9.17) is 19.4 Å². The second kappa shape index (κ2) is 14.0. The summed E-state index contributed by atoms with van der Waals surface area (Å²) < 4.78 is 11.8. The molecule has 0 saturated carbocycles. The van der Waals surface area contributed by atoms with Gasteiger partial charge in [-0.3, -0.25) is 0 Å². The van der Waals surface area contributed by atoms with Crippen LogP contribution in [-0.4, -0.2) is 24.1 Å². The third-order valence-electron chi connectivity index (χ3n) is 12.4. The van der Waals surface area contributed by atoms with Crippen molar-refractivity contribution < 1.29 is 4.42 Å². The van der Waals surface area contributed by atoms with Crippen molar-refractivity contribution in [3.8, 4) is 56.7 Å². The minimum absolute atomic E-state index is 0.574. The molecule has 13 aromatic rings. The lowest BCUT2D eigenvalue weighted by Gasteiger charge is -2.13. The van der Waals surface area contributed by atoms with E-state index >= 15 is 0 Å². The van der Waals surface area contributed by atoms with E-state index in [1.807, 2.05) is 48.5 Å². The first kappa shape index (κ1) is 35.2. The van der Waals surface area contributed by atoms with Gasteiger partial charge in [0.05, 0.1) is 27.8 Å². The molecule has 0 N–H and O–H groups in total. The zero-order valence-electron chi connectivity index (χ0n) is 33.9. The van der Waals surface area contributed by atoms with Crippen molar-refractivity contribution in [1.29, 1.82) is 0 Å². The molecule has 6 heteroatoms. The third kappa shape index (κ3) is 5.48. The van der Waals surface area contributed by atoms with Crippen molar-refractivity contribution in [1.82, 2.24) is 24.1 Å². The molecule has 0 spiro atoms. The summed E-state index contributed by atoms with van der Waals surface area (Å²) in [5.41, 5.74) is 13.1. The number of rotatable bonds is 6. The fraction of sp³-hybridized carbons (Fsp3) is 0. The summed E-state index contributed by atoms with van der Waals surface area (Å²) in [7, 11) is 0. The predicted molar refractivity (Wildman–Crippen MR) is 258 cm³/mol. The Morgan fingerprint density at radius 2 is 0.873 bits per heavy atom. The summed E-state index contributed by atoms with van der Waals surface area (Å²) in [6.45, 7) is 0. The molecule has 4 aromatic heterocycles. The lowest BCUT2D eigenvalue weighted by Crippen LogP contribution is -2.01. The largest absolute Gasteiger partial charge is 0.454 e. The summed E-state index contributed by atoms with van der Waals surface area (Å²) in [6, 6.07) is 74.2. The average molecular weight is 806 g/mol. The van der Waals surface area contributed by atoms with Gasteiger partial charge in [0.15, 0.2) is 23.1 Å². The van der Waals surface area contributed by atoms with Crippen LogP contribution in [0, 0.1) is 0 Å². The van der Waals surface area contributed by atoms with Crippen molar-refractivity contribution in [2.45, 2.75) is 0 Å². The fourth-order valence-electron chi connectivity index (χ4n) is 9.58. The molecule has 0 unspecified atom stereocenters. The van der Waals surface area contributed by atoms with Crippen molar-refractivity contribution in [2.75, 3.05) is 0 Å². The molecule has 0 bridgehead atoms. The Bertz CT molecular complexity index is 3890. The van der Waals surface area contributed by atoms with Crippen molar-refractivity contribution >= 4 is 65.6 Å². The van der Waals surface area contributed by atoms with E-state index < -0.39 is 0 Å². The van der Waals surface area contributed by atoms with E-state index in [9.17, 15) is 0 Å². The van der Waals surface area contributed by atoms with Crippen LogP contribution in [0.25, 0.3) is 122 Å². The van der Waals surface area contributed by atoms with Gasteiger partial charge in [0.25, 0.3) is 0 Å². The molecule has 6 nitrogen and oxygen atoms in total. The second-order valence-electron chi connectivity index (χ2n) is 15.9. The lowest BCUT2D eigenvalue weighted by molar-refractivity contribution is 0.666. The Morgan fingerprint density at radius 3 is 1.60 bits per heavy atom. The molecule has 0 aliphatic rings. The maximum absolute atomic E-state index is 7.03. The summed E-state index contributed by atoms with van der Waals surface area (Å²) in [4.78, 5) is 15.6. The minimum atomic E-state index is 0.574. The van der Waals surface area contributed by atoms with Gasteiger partial charge in [-0.1, -0.05) is 164 Å². The quantitative estimate of drug-likeness (QED) is 0.168. The van der Waals surface area contributed by atoms with Gasteiger partial charge in [-0.15, -0.1) is 0 Å². The van der Waals surface area contributed by atoms with E-state index in [0.29, 0.717) is 17.5 Å². The van der Waals surface area contributed by atoms with Crippen LogP contribution >= 0.6 is 0 Å². The first-order chi connectivity index (χ1) is 31.3. The molecule has 4 heterocycles. The average Bonchev–Trinajstić information content (AvgIpc) is 4.03. The molecule has 0 atom stereocenters. The summed E-state index contributed by atoms with van der Waals surface area (Å²) in [5.74, 6) is 1.78. The number of nitrogens with zero attached hydrogens (tertiary/aromatic N) is 5. The number of aromatic nitrogens is 5. The highest BCUT2D eigenvalue weighted by Crippen LogP contribution is 2.45. The third-order valence-corrected chi connectivity index (χ3v) is 12.4. The maximum atomic E-state index is 7.03. The van der Waals surface area contributed by atoms with E-state index in [2.05, 4.69) is 173 Å². The Morgan fingerprint density at radius 1 is 0.333 bits per heavy atom. The van der Waals surface area contributed by atoms with Gasteiger partial charge in [-0.25, -0.2) is 15.0 Å². The van der Waals surface area contributed by atoms with Crippen LogP contribution in [0.1, 0.15) is 0 Å². The van der Waals surface area contributed by atoms with Gasteiger partial charge in [-0.05, 0) is 59.7 Å². The Balaban J connectivity index is 1.09. The van der Waals surface area contributed by atoms with Gasteiger partial charge in [0.2, 0.25) is 0 Å². The van der Waals surface area contributed by atoms with Gasteiger partial charge in [-0.2, -0.15) is 0 Å². The Kier molecular flexibility index (Phi) is 7.80. The number of furan rings is 1. The maximum Gasteiger partial charge on any atom is 0.164 e. The van der Waals surface area contributed by atoms with E-state index in [-0.39, 0.29) is 0 Å². The zero-order valence-corrected chi connectivity index (χ0v) is 33.9. The normalized spacial score (nSPS) is 11.8. The van der Waals surface area contributed by atoms with Crippen LogP contribution in [0.15, 0.2) is 217 Å². The molecule has 63 heavy (non-hydrogen) atoms. The van der Waals surface area contributed by atoms with Gasteiger partial charge < -0.3 is 13.6 Å². The highest BCUT2D eigenvalue weighted by Gasteiger charge is 2.25. The monoisotopic (exact) mass is 805 g/mol. The summed E-state index contributed by atoms with van der Waals surface area (Å²) >= 11 is 0. The number of hydrogen-bond acceptors (Lipinski definition) is 4. The Hall–Kier alpha value is -8.61. The zero-order chi connectivity index (χ0) is 41.4. The highest BCUT2D eigenvalue weighted by molar-refractivity contribution is 6.27. The highest BCUT2D eigenvalue weighted by atomic mass is 16.3. The number of benzene rings is 9. The molecule has 0 radical (unpaired) electrons. The minimum Gasteiger partial charge on any atom is -0.454 e. The summed E-state index contributed by atoms with van der Waals surface area (Å²) in [6.07, 6.45) is 0. The molecule has 294 valence electrons. The molecule has 9 aromatic carbocycles. The number of fused-ring (bicyclic) bond motifs is 10. The van der Waals surface area contributed by atoms with Crippen molar-refractivity contribution in [3.63, 3.8) is 0 Å². The number of para-hydroxylation sites is 4. The van der Waals surface area contributed by atoms with Crippen LogP contribution in [0.5, 0.6) is 0 Å². The lowest BCUT2D eigenvalue weighted by atomic mass is 10.0. The number of hydrogen-bond donors (Lipinski definition) is 0. The first-order valence-corrected chi connectivity index (χ1v) is 21.2. The smallest absolute Gasteiger partial charge is 0.164 e. The Labute approximate surface area is 361 Å². The van der Waals surface area contributed by atoms with Crippen LogP contribution < -0.4 is 0 Å². The van der Waals surface area contributed by atoms with Crippen molar-refractivity contribution in [2.24, 2.45) is 0 Å². The molecule has 0 amide bonds. The van der Waals surface area contributed by atoms with Gasteiger partial charge in [0, 0.05) is 54.7 Å². The summed E-state index contributed by atoms with van der Waals surface area (Å²) in [5, 5.41) is 6.66.